The number of hydrogen-bond donors (Lipinski definition) is 0. The first kappa shape index (κ1) is 16.0. The van der Waals surface area contributed by atoms with Crippen LogP contribution in [0.15, 0.2) is 53.3 Å². The second-order valence-electron chi connectivity index (χ2n) is 6.91. The van der Waals surface area contributed by atoms with E-state index in [-0.39, 0.29) is 12.0 Å². The molecule has 1 aromatic carbocycles. The van der Waals surface area contributed by atoms with Gasteiger partial charge in [-0.2, -0.15) is 4.98 Å². The molecule has 1 amide bonds. The second-order valence-corrected chi connectivity index (χ2v) is 6.91. The molecule has 0 atom stereocenters. The number of benzene rings is 1. The minimum absolute atomic E-state index is 0.00323. The Morgan fingerprint density at radius 2 is 1.89 bits per heavy atom. The lowest BCUT2D eigenvalue weighted by molar-refractivity contribution is 0.0179. The van der Waals surface area contributed by atoms with E-state index in [2.05, 4.69) is 15.1 Å². The fourth-order valence-corrected chi connectivity index (χ4v) is 3.13. The first-order valence-corrected chi connectivity index (χ1v) is 9.07. The lowest BCUT2D eigenvalue weighted by Crippen LogP contribution is -2.56. The molecular formula is C20H18N4O3. The van der Waals surface area contributed by atoms with E-state index < -0.39 is 0 Å². The van der Waals surface area contributed by atoms with Crippen LogP contribution in [0, 0.1) is 0 Å². The third-order valence-corrected chi connectivity index (χ3v) is 4.86. The predicted molar refractivity (Wildman–Crippen MR) is 96.3 cm³/mol. The molecule has 27 heavy (non-hydrogen) atoms. The van der Waals surface area contributed by atoms with E-state index in [9.17, 15) is 4.79 Å². The van der Waals surface area contributed by atoms with Crippen molar-refractivity contribution in [3.8, 4) is 17.2 Å². The van der Waals surface area contributed by atoms with Gasteiger partial charge in [-0.25, -0.2) is 0 Å². The molecule has 0 radical (unpaired) electrons. The van der Waals surface area contributed by atoms with Crippen LogP contribution in [0.4, 0.5) is 0 Å². The van der Waals surface area contributed by atoms with Gasteiger partial charge in [0.25, 0.3) is 11.8 Å². The Hall–Kier alpha value is -3.22. The van der Waals surface area contributed by atoms with Gasteiger partial charge < -0.3 is 14.2 Å². The molecule has 136 valence electrons. The zero-order valence-corrected chi connectivity index (χ0v) is 14.6. The molecule has 3 heterocycles. The topological polar surface area (TPSA) is 81.4 Å². The SMILES string of the molecule is O=C(c1ccncc1)N1CC(Oc2ccccc2-c2nc(C3CC3)no2)C1. The van der Waals surface area contributed by atoms with E-state index in [0.29, 0.717) is 36.2 Å². The van der Waals surface area contributed by atoms with Crippen molar-refractivity contribution < 1.29 is 14.1 Å². The highest BCUT2D eigenvalue weighted by Crippen LogP contribution is 2.39. The summed E-state index contributed by atoms with van der Waals surface area (Å²) in [5.74, 6) is 2.39. The van der Waals surface area contributed by atoms with Crippen molar-refractivity contribution in [2.24, 2.45) is 0 Å². The third-order valence-electron chi connectivity index (χ3n) is 4.86. The van der Waals surface area contributed by atoms with Crippen LogP contribution in [-0.2, 0) is 0 Å². The number of rotatable bonds is 5. The lowest BCUT2D eigenvalue weighted by atomic mass is 10.1. The Morgan fingerprint density at radius 3 is 2.67 bits per heavy atom. The molecular weight excluding hydrogens is 344 g/mol. The van der Waals surface area contributed by atoms with Crippen molar-refractivity contribution in [1.82, 2.24) is 20.0 Å². The summed E-state index contributed by atoms with van der Waals surface area (Å²) in [6.45, 7) is 1.10. The van der Waals surface area contributed by atoms with Crippen molar-refractivity contribution >= 4 is 5.91 Å². The molecule has 3 aromatic rings. The smallest absolute Gasteiger partial charge is 0.261 e. The standard InChI is InChI=1S/C20H18N4O3/c25-20(14-7-9-21-10-8-14)24-11-15(12-24)26-17-4-2-1-3-16(17)19-22-18(23-27-19)13-5-6-13/h1-4,7-10,13,15H,5-6,11-12H2. The van der Waals surface area contributed by atoms with Gasteiger partial charge in [0.15, 0.2) is 5.82 Å². The average Bonchev–Trinajstić information content (AvgIpc) is 3.42. The summed E-state index contributed by atoms with van der Waals surface area (Å²) in [6.07, 6.45) is 5.44. The molecule has 0 N–H and O–H groups in total. The zero-order valence-electron chi connectivity index (χ0n) is 14.6. The largest absolute Gasteiger partial charge is 0.486 e. The zero-order chi connectivity index (χ0) is 18.2. The van der Waals surface area contributed by atoms with Gasteiger partial charge in [0, 0.05) is 23.9 Å². The van der Waals surface area contributed by atoms with Crippen molar-refractivity contribution in [2.45, 2.75) is 24.9 Å². The Kier molecular flexibility index (Phi) is 3.85. The number of para-hydroxylation sites is 1. The highest BCUT2D eigenvalue weighted by molar-refractivity contribution is 5.94. The maximum absolute atomic E-state index is 12.4. The molecule has 1 saturated heterocycles. The van der Waals surface area contributed by atoms with E-state index in [1.807, 2.05) is 24.3 Å². The van der Waals surface area contributed by atoms with E-state index in [4.69, 9.17) is 9.26 Å². The Balaban J connectivity index is 1.26. The van der Waals surface area contributed by atoms with Crippen LogP contribution in [0.2, 0.25) is 0 Å². The highest BCUT2D eigenvalue weighted by atomic mass is 16.5. The number of aromatic nitrogens is 3. The predicted octanol–water partition coefficient (Wildman–Crippen LogP) is 2.91. The quantitative estimate of drug-likeness (QED) is 0.694. The van der Waals surface area contributed by atoms with Crippen LogP contribution in [0.25, 0.3) is 11.5 Å². The van der Waals surface area contributed by atoms with Crippen LogP contribution in [-0.4, -0.2) is 45.1 Å². The van der Waals surface area contributed by atoms with Gasteiger partial charge in [0.1, 0.15) is 11.9 Å². The number of amides is 1. The number of carbonyl (C=O) groups is 1. The van der Waals surface area contributed by atoms with Crippen molar-refractivity contribution in [2.75, 3.05) is 13.1 Å². The van der Waals surface area contributed by atoms with Gasteiger partial charge in [-0.1, -0.05) is 17.3 Å². The van der Waals surface area contributed by atoms with Crippen molar-refractivity contribution in [3.05, 3.63) is 60.2 Å². The minimum atomic E-state index is -0.0530. The van der Waals surface area contributed by atoms with E-state index in [1.54, 1.807) is 29.4 Å². The Labute approximate surface area is 156 Å². The van der Waals surface area contributed by atoms with Crippen LogP contribution >= 0.6 is 0 Å². The summed E-state index contributed by atoms with van der Waals surface area (Å²) in [4.78, 5) is 22.6. The molecule has 0 spiro atoms. The summed E-state index contributed by atoms with van der Waals surface area (Å²) in [5.41, 5.74) is 1.43. The van der Waals surface area contributed by atoms with Crippen LogP contribution in [0.5, 0.6) is 5.75 Å². The maximum Gasteiger partial charge on any atom is 0.261 e. The molecule has 0 bridgehead atoms. The van der Waals surface area contributed by atoms with Crippen molar-refractivity contribution in [3.63, 3.8) is 0 Å². The number of carbonyl (C=O) groups excluding carboxylic acids is 1. The van der Waals surface area contributed by atoms with Crippen LogP contribution in [0.3, 0.4) is 0 Å². The van der Waals surface area contributed by atoms with Gasteiger partial charge in [-0.15, -0.1) is 0 Å². The number of hydrogen-bond acceptors (Lipinski definition) is 6. The van der Waals surface area contributed by atoms with Gasteiger partial charge in [-0.3, -0.25) is 9.78 Å². The second kappa shape index (κ2) is 6.50. The Bertz CT molecular complexity index is 962. The molecule has 1 saturated carbocycles. The first-order valence-electron chi connectivity index (χ1n) is 9.07. The van der Waals surface area contributed by atoms with Gasteiger partial charge >= 0.3 is 0 Å². The number of nitrogens with zero attached hydrogens (tertiary/aromatic N) is 4. The molecule has 1 aliphatic carbocycles. The van der Waals surface area contributed by atoms with E-state index in [1.165, 1.54) is 0 Å². The monoisotopic (exact) mass is 362 g/mol. The molecule has 1 aliphatic heterocycles. The average molecular weight is 362 g/mol. The summed E-state index contributed by atoms with van der Waals surface area (Å²) in [6, 6.07) is 11.1. The van der Waals surface area contributed by atoms with E-state index in [0.717, 1.165) is 24.2 Å². The number of pyridine rings is 1. The van der Waals surface area contributed by atoms with Gasteiger partial charge in [-0.05, 0) is 37.1 Å². The molecule has 2 aromatic heterocycles. The normalized spacial score (nSPS) is 16.8. The Morgan fingerprint density at radius 1 is 1.11 bits per heavy atom. The fourth-order valence-electron chi connectivity index (χ4n) is 3.13. The molecule has 2 aliphatic rings. The molecule has 2 fully saturated rings. The van der Waals surface area contributed by atoms with Crippen LogP contribution in [0.1, 0.15) is 34.9 Å². The van der Waals surface area contributed by atoms with Crippen molar-refractivity contribution in [1.29, 1.82) is 0 Å². The minimum Gasteiger partial charge on any atom is -0.486 e. The summed E-state index contributed by atoms with van der Waals surface area (Å²) in [5, 5.41) is 4.08. The number of likely N-dealkylation sites (tertiary alicyclic amines) is 1. The maximum atomic E-state index is 12.4. The molecule has 7 nitrogen and oxygen atoms in total. The molecule has 7 heteroatoms. The summed E-state index contributed by atoms with van der Waals surface area (Å²) < 4.78 is 11.5. The lowest BCUT2D eigenvalue weighted by Gasteiger charge is -2.39. The fraction of sp³-hybridized carbons (Fsp3) is 0.300. The molecule has 5 rings (SSSR count). The van der Waals surface area contributed by atoms with E-state index >= 15 is 0 Å². The number of ether oxygens (including phenoxy) is 1. The first-order chi connectivity index (χ1) is 13.3. The summed E-state index contributed by atoms with van der Waals surface area (Å²) in [7, 11) is 0. The molecule has 0 unspecified atom stereocenters. The van der Waals surface area contributed by atoms with Gasteiger partial charge in [0.2, 0.25) is 0 Å². The van der Waals surface area contributed by atoms with Crippen LogP contribution < -0.4 is 4.74 Å². The van der Waals surface area contributed by atoms with Gasteiger partial charge in [0.05, 0.1) is 18.7 Å². The highest BCUT2D eigenvalue weighted by Gasteiger charge is 2.34. The summed E-state index contributed by atoms with van der Waals surface area (Å²) >= 11 is 0. The third kappa shape index (κ3) is 3.16.